The van der Waals surface area contributed by atoms with Gasteiger partial charge in [-0.2, -0.15) is 0 Å². The first-order chi connectivity index (χ1) is 14.4. The van der Waals surface area contributed by atoms with Gasteiger partial charge in [0.15, 0.2) is 0 Å². The minimum Gasteiger partial charge on any atom is -0.489 e. The van der Waals surface area contributed by atoms with Gasteiger partial charge in [-0.25, -0.2) is 0 Å². The van der Waals surface area contributed by atoms with E-state index in [1.807, 2.05) is 6.07 Å². The number of alkyl halides is 1. The zero-order chi connectivity index (χ0) is 20.4. The molecule has 0 radical (unpaired) electrons. The number of halogens is 1. The molecule has 0 aromatic heterocycles. The number of aryl methyl sites for hydroxylation is 1. The van der Waals surface area contributed by atoms with Crippen molar-refractivity contribution in [2.75, 3.05) is 5.33 Å². The Labute approximate surface area is 187 Å². The van der Waals surface area contributed by atoms with Crippen molar-refractivity contribution >= 4 is 15.9 Å². The average Bonchev–Trinajstić information content (AvgIpc) is 2.77. The van der Waals surface area contributed by atoms with Gasteiger partial charge >= 0.3 is 0 Å². The predicted octanol–water partition coefficient (Wildman–Crippen LogP) is 8.88. The largest absolute Gasteiger partial charge is 0.489 e. The summed E-state index contributed by atoms with van der Waals surface area (Å²) in [5, 5.41) is 1.17. The average molecular weight is 460 g/mol. The highest BCUT2D eigenvalue weighted by molar-refractivity contribution is 9.09. The van der Waals surface area contributed by atoms with E-state index in [0.717, 1.165) is 5.75 Å². The molecule has 0 unspecified atom stereocenters. The van der Waals surface area contributed by atoms with E-state index >= 15 is 0 Å². The van der Waals surface area contributed by atoms with Crippen molar-refractivity contribution in [1.82, 2.24) is 0 Å². The highest BCUT2D eigenvalue weighted by atomic mass is 79.9. The molecule has 0 N–H and O–H groups in total. The fourth-order valence-electron chi connectivity index (χ4n) is 3.68. The van der Waals surface area contributed by atoms with E-state index in [9.17, 15) is 0 Å². The van der Waals surface area contributed by atoms with Gasteiger partial charge in [0, 0.05) is 5.33 Å². The Hall–Kier alpha value is -1.28. The fourth-order valence-corrected chi connectivity index (χ4v) is 4.08. The molecule has 29 heavy (non-hydrogen) atoms. The standard InChI is InChI=1S/C27H39BrO/c28-23-15-10-8-6-4-2-1-3-5-7-9-12-16-25-19-21-27(22-20-25)29-24-26-17-13-11-14-18-26/h11,13-14,17-22H,1-10,12,15-16,23-24H2. The van der Waals surface area contributed by atoms with Gasteiger partial charge in [0.2, 0.25) is 0 Å². The van der Waals surface area contributed by atoms with Gasteiger partial charge in [-0.1, -0.05) is 123 Å². The summed E-state index contributed by atoms with van der Waals surface area (Å²) in [5.74, 6) is 0.959. The molecule has 2 aromatic rings. The molecule has 0 fully saturated rings. The predicted molar refractivity (Wildman–Crippen MR) is 130 cm³/mol. The zero-order valence-electron chi connectivity index (χ0n) is 18.1. The Morgan fingerprint density at radius 2 is 1.03 bits per heavy atom. The maximum absolute atomic E-state index is 5.87. The third kappa shape index (κ3) is 12.1. The van der Waals surface area contributed by atoms with Gasteiger partial charge in [-0.15, -0.1) is 0 Å². The van der Waals surface area contributed by atoms with Gasteiger partial charge < -0.3 is 4.74 Å². The molecule has 0 aliphatic carbocycles. The monoisotopic (exact) mass is 458 g/mol. The van der Waals surface area contributed by atoms with Gasteiger partial charge in [0.05, 0.1) is 0 Å². The van der Waals surface area contributed by atoms with Crippen LogP contribution < -0.4 is 4.74 Å². The number of benzene rings is 2. The summed E-state index contributed by atoms with van der Waals surface area (Å²) in [6.07, 6.45) is 18.0. The smallest absolute Gasteiger partial charge is 0.119 e. The van der Waals surface area contributed by atoms with Gasteiger partial charge in [-0.05, 0) is 42.5 Å². The summed E-state index contributed by atoms with van der Waals surface area (Å²) in [6.45, 7) is 0.636. The van der Waals surface area contributed by atoms with Crippen molar-refractivity contribution in [1.29, 1.82) is 0 Å². The van der Waals surface area contributed by atoms with Crippen LogP contribution in [0.1, 0.15) is 88.2 Å². The van der Waals surface area contributed by atoms with Crippen LogP contribution in [0, 0.1) is 0 Å². The van der Waals surface area contributed by atoms with Crippen molar-refractivity contribution in [3.8, 4) is 5.75 Å². The molecule has 2 heteroatoms. The summed E-state index contributed by atoms with van der Waals surface area (Å²) in [5.41, 5.74) is 2.64. The molecule has 0 saturated heterocycles. The molecule has 0 atom stereocenters. The van der Waals surface area contributed by atoms with E-state index in [1.165, 1.54) is 99.9 Å². The van der Waals surface area contributed by atoms with Crippen LogP contribution in [0.4, 0.5) is 0 Å². The van der Waals surface area contributed by atoms with Gasteiger partial charge in [0.1, 0.15) is 12.4 Å². The second kappa shape index (κ2) is 16.5. The van der Waals surface area contributed by atoms with Crippen LogP contribution in [0.25, 0.3) is 0 Å². The molecule has 0 spiro atoms. The Morgan fingerprint density at radius 3 is 1.59 bits per heavy atom. The van der Waals surface area contributed by atoms with E-state index in [-0.39, 0.29) is 0 Å². The zero-order valence-corrected chi connectivity index (χ0v) is 19.7. The van der Waals surface area contributed by atoms with Crippen LogP contribution in [0.2, 0.25) is 0 Å². The first kappa shape index (κ1) is 24.0. The summed E-state index contributed by atoms with van der Waals surface area (Å²) in [4.78, 5) is 0. The number of unbranched alkanes of at least 4 members (excludes halogenated alkanes) is 11. The normalized spacial score (nSPS) is 10.9. The van der Waals surface area contributed by atoms with Crippen LogP contribution in [-0.4, -0.2) is 5.33 Å². The van der Waals surface area contributed by atoms with Crippen molar-refractivity contribution in [2.45, 2.75) is 90.1 Å². The van der Waals surface area contributed by atoms with Crippen LogP contribution in [-0.2, 0) is 13.0 Å². The fraction of sp³-hybridized carbons (Fsp3) is 0.556. The second-order valence-electron chi connectivity index (χ2n) is 8.10. The van der Waals surface area contributed by atoms with Crippen molar-refractivity contribution in [3.63, 3.8) is 0 Å². The molecule has 0 amide bonds. The molecule has 2 rings (SSSR count). The number of ether oxygens (including phenoxy) is 1. The minimum absolute atomic E-state index is 0.636. The maximum atomic E-state index is 5.87. The van der Waals surface area contributed by atoms with Crippen LogP contribution in [0.3, 0.4) is 0 Å². The third-order valence-corrected chi connectivity index (χ3v) is 6.08. The Kier molecular flexibility index (Phi) is 13.7. The first-order valence-electron chi connectivity index (χ1n) is 11.7. The topological polar surface area (TPSA) is 9.23 Å². The molecule has 1 nitrogen and oxygen atoms in total. The van der Waals surface area contributed by atoms with Crippen molar-refractivity contribution in [2.24, 2.45) is 0 Å². The first-order valence-corrected chi connectivity index (χ1v) is 12.8. The molecule has 0 aliphatic heterocycles. The maximum Gasteiger partial charge on any atom is 0.119 e. The molecular weight excluding hydrogens is 420 g/mol. The van der Waals surface area contributed by atoms with Gasteiger partial charge in [0.25, 0.3) is 0 Å². The quantitative estimate of drug-likeness (QED) is 0.170. The Morgan fingerprint density at radius 1 is 0.517 bits per heavy atom. The molecule has 0 heterocycles. The van der Waals surface area contributed by atoms with Crippen LogP contribution in [0.15, 0.2) is 54.6 Å². The lowest BCUT2D eigenvalue weighted by Crippen LogP contribution is -1.95. The van der Waals surface area contributed by atoms with Gasteiger partial charge in [-0.3, -0.25) is 0 Å². The Bertz CT molecular complexity index is 608. The number of hydrogen-bond acceptors (Lipinski definition) is 1. The van der Waals surface area contributed by atoms with Crippen molar-refractivity contribution < 1.29 is 4.74 Å². The summed E-state index contributed by atoms with van der Waals surface area (Å²) < 4.78 is 5.87. The molecular formula is C27H39BrO. The number of rotatable bonds is 17. The highest BCUT2D eigenvalue weighted by Crippen LogP contribution is 2.17. The van der Waals surface area contributed by atoms with Crippen LogP contribution >= 0.6 is 15.9 Å². The summed E-state index contributed by atoms with van der Waals surface area (Å²) in [7, 11) is 0. The molecule has 160 valence electrons. The molecule has 0 bridgehead atoms. The molecule has 2 aromatic carbocycles. The third-order valence-electron chi connectivity index (χ3n) is 5.52. The van der Waals surface area contributed by atoms with E-state index in [2.05, 4.69) is 64.5 Å². The Balaban J connectivity index is 1.42. The van der Waals surface area contributed by atoms with Crippen molar-refractivity contribution in [3.05, 3.63) is 65.7 Å². The summed E-state index contributed by atoms with van der Waals surface area (Å²) >= 11 is 3.50. The lowest BCUT2D eigenvalue weighted by molar-refractivity contribution is 0.306. The molecule has 0 saturated carbocycles. The second-order valence-corrected chi connectivity index (χ2v) is 8.89. The van der Waals surface area contributed by atoms with E-state index < -0.39 is 0 Å². The SMILES string of the molecule is BrCCCCCCCCCCCCCCc1ccc(OCc2ccccc2)cc1. The summed E-state index contributed by atoms with van der Waals surface area (Å²) in [6, 6.07) is 19.0. The highest BCUT2D eigenvalue weighted by Gasteiger charge is 1.98. The number of hydrogen-bond donors (Lipinski definition) is 0. The van der Waals surface area contributed by atoms with E-state index in [1.54, 1.807) is 0 Å². The van der Waals surface area contributed by atoms with E-state index in [0.29, 0.717) is 6.61 Å². The van der Waals surface area contributed by atoms with Crippen LogP contribution in [0.5, 0.6) is 5.75 Å². The minimum atomic E-state index is 0.636. The van der Waals surface area contributed by atoms with E-state index in [4.69, 9.17) is 4.74 Å². The molecule has 0 aliphatic rings. The lowest BCUT2D eigenvalue weighted by atomic mass is 10.0. The lowest BCUT2D eigenvalue weighted by Gasteiger charge is -2.07.